The molecule has 0 bridgehead atoms. The van der Waals surface area contributed by atoms with Gasteiger partial charge in [0, 0.05) is 74.6 Å². The number of carbonyl (C=O) groups excluding carboxylic acids is 12. The Morgan fingerprint density at radius 1 is 0.631 bits per heavy atom. The van der Waals surface area contributed by atoms with Crippen molar-refractivity contribution in [2.45, 2.75) is 189 Å². The van der Waals surface area contributed by atoms with Crippen molar-refractivity contribution in [2.75, 3.05) is 62.4 Å². The van der Waals surface area contributed by atoms with Gasteiger partial charge < -0.3 is 60.5 Å². The number of ketones is 2. The van der Waals surface area contributed by atoms with E-state index in [9.17, 15) is 58.2 Å². The van der Waals surface area contributed by atoms with E-state index in [0.717, 1.165) is 25.7 Å². The fraction of sp³-hybridized carbons (Fsp3) is 0.733. The van der Waals surface area contributed by atoms with Gasteiger partial charge in [-0.05, 0) is 90.0 Å². The van der Waals surface area contributed by atoms with Crippen LogP contribution >= 0.6 is 0 Å². The van der Waals surface area contributed by atoms with E-state index >= 15 is 9.59 Å². The minimum absolute atomic E-state index is 0.0926. The summed E-state index contributed by atoms with van der Waals surface area (Å²) in [5.74, 6) is -12.8. The standard InChI is InChI=1S/C60H102N10O14/c1-22-25-26-36(10)52(76)51-47(73)29-41(23-2)56(80)64(15)32-49(75)65(16)39(13)53(77)63-43(31-61-48(74)24-3)57(81)66(17)38(12)46(72)30-42(40(14)71)54(78)62-37(11)55(79)67(18)44(27-33(4)5)58(82)68(19)45(28-34(6)7)59(83)69(20)50(35(8)9)60(84)70(51)21/h22,24-25,33-45,50-52,71,76H,3,23,26-32H2,1-2,4-21H3,(H,61,74)(H,62,78)(H,63,77)/b25-22+/t36-,37-,38-,39+,40-,41-,42+,43+,44+,45+,50+,51-,52-/m1/s1. The van der Waals surface area contributed by atoms with Gasteiger partial charge in [0.1, 0.15) is 42.3 Å². The van der Waals surface area contributed by atoms with Crippen LogP contribution in [0.4, 0.5) is 0 Å². The Bertz CT molecular complexity index is 2380. The van der Waals surface area contributed by atoms with Gasteiger partial charge in [-0.3, -0.25) is 57.5 Å². The molecule has 0 spiro atoms. The van der Waals surface area contributed by atoms with E-state index in [1.165, 1.54) is 91.7 Å². The number of aliphatic hydroxyl groups excluding tert-OH is 2. The van der Waals surface area contributed by atoms with Crippen molar-refractivity contribution in [1.82, 2.24) is 50.2 Å². The van der Waals surface area contributed by atoms with Gasteiger partial charge in [0.2, 0.25) is 59.1 Å². The smallest absolute Gasteiger partial charge is 0.247 e. The van der Waals surface area contributed by atoms with Gasteiger partial charge in [-0.1, -0.05) is 74.1 Å². The lowest BCUT2D eigenvalue weighted by Gasteiger charge is -2.41. The SMILES string of the molecule is C=CC(=O)NC[C@@H]1NC(=O)[C@H](C)N(C)C(=O)CN(C)C(=O)[C@H](CC)CC(=O)[C@H]([C@H](O)[C@H](C)C/C=C/C)N(C)C(=O)[C@H](C(C)C)N(C)C(=O)[C@H](CC(C)C)N(C)C(=O)[C@H](CC(C)C)N(C)C(=O)[C@@H](C)NC(=O)[C@H]([C@@H](C)O)CC(=O)[C@@H](C)N(C)C1=O. The van der Waals surface area contributed by atoms with E-state index in [1.54, 1.807) is 46.8 Å². The van der Waals surface area contributed by atoms with Gasteiger partial charge in [0.05, 0.1) is 30.7 Å². The van der Waals surface area contributed by atoms with Gasteiger partial charge in [-0.2, -0.15) is 0 Å². The number of nitrogens with one attached hydrogen (secondary N) is 3. The molecule has 0 aromatic heterocycles. The number of likely N-dealkylation sites (N-methyl/N-ethyl adjacent to an activating group) is 7. The molecule has 0 aromatic rings. The molecule has 13 atom stereocenters. The Balaban J connectivity index is 4.26. The number of allylic oxidation sites excluding steroid dienone is 2. The molecule has 0 aromatic carbocycles. The molecule has 1 rings (SSSR count). The fourth-order valence-corrected chi connectivity index (χ4v) is 10.2. The average Bonchev–Trinajstić information content (AvgIpc) is 3.65. The van der Waals surface area contributed by atoms with Crippen LogP contribution in [0.15, 0.2) is 24.8 Å². The molecule has 24 heteroatoms. The first-order chi connectivity index (χ1) is 38.9. The molecule has 1 aliphatic rings. The zero-order valence-electron chi connectivity index (χ0n) is 53.8. The second-order valence-electron chi connectivity index (χ2n) is 24.0. The summed E-state index contributed by atoms with van der Waals surface area (Å²) in [7, 11) is 9.48. The number of carbonyl (C=O) groups is 12. The van der Waals surface area contributed by atoms with Crippen LogP contribution in [0.2, 0.25) is 0 Å². The summed E-state index contributed by atoms with van der Waals surface area (Å²) in [6.45, 7) is 23.7. The van der Waals surface area contributed by atoms with Gasteiger partial charge in [-0.15, -0.1) is 0 Å². The molecule has 84 heavy (non-hydrogen) atoms. The summed E-state index contributed by atoms with van der Waals surface area (Å²) >= 11 is 0. The second kappa shape index (κ2) is 34.4. The maximum atomic E-state index is 15.1. The van der Waals surface area contributed by atoms with Crippen LogP contribution in [-0.4, -0.2) is 238 Å². The van der Waals surface area contributed by atoms with Crippen LogP contribution in [0.3, 0.4) is 0 Å². The molecular weight excluding hydrogens is 1080 g/mol. The number of amides is 10. The van der Waals surface area contributed by atoms with E-state index < -0.39 is 181 Å². The van der Waals surface area contributed by atoms with E-state index in [4.69, 9.17) is 0 Å². The predicted molar refractivity (Wildman–Crippen MR) is 318 cm³/mol. The highest BCUT2D eigenvalue weighted by atomic mass is 16.3. The third kappa shape index (κ3) is 20.6. The number of aliphatic hydroxyl groups is 2. The molecule has 1 aliphatic heterocycles. The molecular formula is C60H102N10O14. The Morgan fingerprint density at radius 3 is 1.62 bits per heavy atom. The first kappa shape index (κ1) is 75.5. The van der Waals surface area contributed by atoms with Crippen LogP contribution in [0, 0.1) is 35.5 Å². The summed E-state index contributed by atoms with van der Waals surface area (Å²) in [6.07, 6.45) is 1.12. The number of hydrogen-bond donors (Lipinski definition) is 5. The molecule has 5 N–H and O–H groups in total. The largest absolute Gasteiger partial charge is 0.393 e. The summed E-state index contributed by atoms with van der Waals surface area (Å²) in [4.78, 5) is 179. The van der Waals surface area contributed by atoms with Crippen LogP contribution < -0.4 is 16.0 Å². The molecule has 0 unspecified atom stereocenters. The first-order valence-corrected chi connectivity index (χ1v) is 29.2. The van der Waals surface area contributed by atoms with Crippen molar-refractivity contribution >= 4 is 70.6 Å². The molecule has 10 amide bonds. The molecule has 0 radical (unpaired) electrons. The van der Waals surface area contributed by atoms with Crippen molar-refractivity contribution in [3.63, 3.8) is 0 Å². The predicted octanol–water partition coefficient (Wildman–Crippen LogP) is 1.40. The summed E-state index contributed by atoms with van der Waals surface area (Å²) in [5, 5.41) is 30.5. The third-order valence-corrected chi connectivity index (χ3v) is 16.1. The van der Waals surface area contributed by atoms with Crippen LogP contribution in [-0.2, 0) is 57.5 Å². The fourth-order valence-electron chi connectivity index (χ4n) is 10.2. The lowest BCUT2D eigenvalue weighted by Crippen LogP contribution is -2.61. The molecule has 1 heterocycles. The minimum Gasteiger partial charge on any atom is -0.393 e. The molecule has 476 valence electrons. The number of Topliss-reactive ketones (excluding diaryl/α,β-unsaturated/α-hetero) is 2. The van der Waals surface area contributed by atoms with Crippen molar-refractivity contribution in [3.05, 3.63) is 24.8 Å². The zero-order chi connectivity index (χ0) is 65.1. The molecule has 0 saturated carbocycles. The number of hydrogen-bond acceptors (Lipinski definition) is 14. The van der Waals surface area contributed by atoms with E-state index in [0.29, 0.717) is 6.42 Å². The van der Waals surface area contributed by atoms with Gasteiger partial charge in [0.15, 0.2) is 11.6 Å². The Kier molecular flexibility index (Phi) is 30.9. The molecule has 1 saturated heterocycles. The van der Waals surface area contributed by atoms with Crippen LogP contribution in [0.1, 0.15) is 129 Å². The summed E-state index contributed by atoms with van der Waals surface area (Å²) in [5.41, 5.74) is 0. The topological polar surface area (TPSA) is 304 Å². The second-order valence-corrected chi connectivity index (χ2v) is 24.0. The average molecular weight is 1190 g/mol. The minimum atomic E-state index is -1.54. The monoisotopic (exact) mass is 1190 g/mol. The van der Waals surface area contributed by atoms with Gasteiger partial charge in [-0.25, -0.2) is 0 Å². The maximum Gasteiger partial charge on any atom is 0.247 e. The van der Waals surface area contributed by atoms with Crippen molar-refractivity contribution in [2.24, 2.45) is 35.5 Å². The summed E-state index contributed by atoms with van der Waals surface area (Å²) < 4.78 is 0. The van der Waals surface area contributed by atoms with E-state index in [1.807, 2.05) is 27.7 Å². The van der Waals surface area contributed by atoms with Crippen molar-refractivity contribution < 1.29 is 67.7 Å². The third-order valence-electron chi connectivity index (χ3n) is 16.1. The lowest BCUT2D eigenvalue weighted by atomic mass is 9.86. The zero-order valence-corrected chi connectivity index (χ0v) is 53.8. The Hall–Kier alpha value is -6.56. The van der Waals surface area contributed by atoms with Crippen LogP contribution in [0.25, 0.3) is 0 Å². The van der Waals surface area contributed by atoms with E-state index in [2.05, 4.69) is 22.5 Å². The molecule has 0 aliphatic carbocycles. The van der Waals surface area contributed by atoms with Crippen LogP contribution in [0.5, 0.6) is 0 Å². The lowest BCUT2D eigenvalue weighted by molar-refractivity contribution is -0.157. The quantitative estimate of drug-likeness (QED) is 0.121. The molecule has 1 fully saturated rings. The van der Waals surface area contributed by atoms with E-state index in [-0.39, 0.29) is 31.1 Å². The Morgan fingerprint density at radius 2 is 1.14 bits per heavy atom. The van der Waals surface area contributed by atoms with Crippen molar-refractivity contribution in [1.29, 1.82) is 0 Å². The number of nitrogens with zero attached hydrogens (tertiary/aromatic N) is 7. The van der Waals surface area contributed by atoms with Crippen molar-refractivity contribution in [3.8, 4) is 0 Å². The molecule has 24 nitrogen and oxygen atoms in total. The highest BCUT2D eigenvalue weighted by Gasteiger charge is 2.45. The highest BCUT2D eigenvalue weighted by molar-refractivity contribution is 6.00. The van der Waals surface area contributed by atoms with Gasteiger partial charge >= 0.3 is 0 Å². The normalized spacial score (nSPS) is 27.3. The first-order valence-electron chi connectivity index (χ1n) is 29.2. The maximum absolute atomic E-state index is 15.1. The number of rotatable bonds is 14. The van der Waals surface area contributed by atoms with Gasteiger partial charge in [0.25, 0.3) is 0 Å². The summed E-state index contributed by atoms with van der Waals surface area (Å²) in [6, 6.07) is -10.6. The highest BCUT2D eigenvalue weighted by Crippen LogP contribution is 2.27. The Labute approximate surface area is 498 Å².